The summed E-state index contributed by atoms with van der Waals surface area (Å²) in [6.45, 7) is 0.762. The van der Waals surface area contributed by atoms with E-state index in [1.165, 1.54) is 17.7 Å². The Balaban J connectivity index is 1.70. The first-order valence-corrected chi connectivity index (χ1v) is 6.09. The molecular formula is C15H13FN2O. The molecule has 0 bridgehead atoms. The number of benzene rings is 2. The summed E-state index contributed by atoms with van der Waals surface area (Å²) in [4.78, 5) is 4.14. The van der Waals surface area contributed by atoms with Crippen LogP contribution < -0.4 is 10.1 Å². The molecule has 3 nitrogen and oxygen atoms in total. The zero-order valence-corrected chi connectivity index (χ0v) is 10.2. The molecule has 0 spiro atoms. The molecule has 0 aliphatic carbocycles. The van der Waals surface area contributed by atoms with E-state index in [1.807, 2.05) is 24.3 Å². The topological polar surface area (TPSA) is 33.6 Å². The summed E-state index contributed by atoms with van der Waals surface area (Å²) < 4.78 is 18.4. The average Bonchev–Trinajstić information content (AvgIpc) is 2.96. The maximum atomic E-state index is 12.8. The van der Waals surface area contributed by atoms with Crippen molar-refractivity contribution in [2.75, 3.05) is 6.54 Å². The van der Waals surface area contributed by atoms with Crippen LogP contribution in [0.3, 0.4) is 0 Å². The van der Waals surface area contributed by atoms with Crippen molar-refractivity contribution in [3.63, 3.8) is 0 Å². The van der Waals surface area contributed by atoms with Crippen molar-refractivity contribution in [1.29, 1.82) is 0 Å². The molecule has 1 aliphatic heterocycles. The molecule has 1 unspecified atom stereocenters. The van der Waals surface area contributed by atoms with E-state index in [9.17, 15) is 4.39 Å². The predicted molar refractivity (Wildman–Crippen MR) is 72.2 cm³/mol. The Morgan fingerprint density at radius 3 is 2.21 bits per heavy atom. The van der Waals surface area contributed by atoms with Gasteiger partial charge in [0.15, 0.2) is 0 Å². The maximum Gasteiger partial charge on any atom is 0.127 e. The Morgan fingerprint density at radius 2 is 1.63 bits per heavy atom. The van der Waals surface area contributed by atoms with Crippen molar-refractivity contribution in [2.45, 2.75) is 6.04 Å². The fourth-order valence-corrected chi connectivity index (χ4v) is 1.96. The predicted octanol–water partition coefficient (Wildman–Crippen LogP) is 3.29. The van der Waals surface area contributed by atoms with Gasteiger partial charge in [0.05, 0.1) is 18.9 Å². The Hall–Kier alpha value is -2.36. The van der Waals surface area contributed by atoms with Gasteiger partial charge < -0.3 is 10.1 Å². The Bertz CT molecular complexity index is 570. The molecule has 2 aromatic carbocycles. The molecule has 0 amide bonds. The van der Waals surface area contributed by atoms with Gasteiger partial charge in [-0.2, -0.15) is 0 Å². The molecule has 0 radical (unpaired) electrons. The van der Waals surface area contributed by atoms with Gasteiger partial charge in [-0.3, -0.25) is 4.99 Å². The average molecular weight is 256 g/mol. The van der Waals surface area contributed by atoms with Crippen molar-refractivity contribution in [2.24, 2.45) is 4.99 Å². The van der Waals surface area contributed by atoms with Crippen LogP contribution in [0.15, 0.2) is 53.5 Å². The number of halogens is 1. The number of rotatable bonds is 3. The molecule has 1 aliphatic rings. The van der Waals surface area contributed by atoms with Gasteiger partial charge in [-0.15, -0.1) is 0 Å². The molecule has 0 fully saturated rings. The third-order valence-corrected chi connectivity index (χ3v) is 2.99. The summed E-state index contributed by atoms with van der Waals surface area (Å²) in [7, 11) is 0. The standard InChI is InChI=1S/C15H13FN2O/c16-12-3-7-14(8-4-12)19-13-5-1-11(2-6-13)15-9-17-10-18-15/h1-8,10,15H,9H2,(H,17,18). The van der Waals surface area contributed by atoms with E-state index < -0.39 is 0 Å². The summed E-state index contributed by atoms with van der Waals surface area (Å²) in [6, 6.07) is 14.0. The Kier molecular flexibility index (Phi) is 3.14. The van der Waals surface area contributed by atoms with Gasteiger partial charge in [0.2, 0.25) is 0 Å². The van der Waals surface area contributed by atoms with Crippen LogP contribution in [0.4, 0.5) is 4.39 Å². The van der Waals surface area contributed by atoms with Crippen LogP contribution in [0.1, 0.15) is 11.6 Å². The first-order chi connectivity index (χ1) is 9.31. The largest absolute Gasteiger partial charge is 0.457 e. The molecule has 19 heavy (non-hydrogen) atoms. The van der Waals surface area contributed by atoms with Gasteiger partial charge in [-0.25, -0.2) is 4.39 Å². The summed E-state index contributed by atoms with van der Waals surface area (Å²) in [5, 5.41) is 3.17. The lowest BCUT2D eigenvalue weighted by atomic mass is 10.1. The van der Waals surface area contributed by atoms with Crippen molar-refractivity contribution < 1.29 is 9.13 Å². The van der Waals surface area contributed by atoms with E-state index in [2.05, 4.69) is 10.3 Å². The Labute approximate surface area is 110 Å². The first-order valence-electron chi connectivity index (χ1n) is 6.09. The molecule has 4 heteroatoms. The summed E-state index contributed by atoms with van der Waals surface area (Å²) in [5.74, 6) is 1.08. The van der Waals surface area contributed by atoms with Crippen LogP contribution in [0, 0.1) is 5.82 Å². The quantitative estimate of drug-likeness (QED) is 0.914. The van der Waals surface area contributed by atoms with Gasteiger partial charge >= 0.3 is 0 Å². The summed E-state index contributed by atoms with van der Waals surface area (Å²) >= 11 is 0. The molecule has 0 saturated heterocycles. The second kappa shape index (κ2) is 5.10. The minimum Gasteiger partial charge on any atom is -0.457 e. The van der Waals surface area contributed by atoms with Crippen LogP contribution >= 0.6 is 0 Å². The number of aliphatic imine (C=N–C) groups is 1. The molecule has 3 rings (SSSR count). The highest BCUT2D eigenvalue weighted by Crippen LogP contribution is 2.24. The number of nitrogens with zero attached hydrogens (tertiary/aromatic N) is 1. The fourth-order valence-electron chi connectivity index (χ4n) is 1.96. The van der Waals surface area contributed by atoms with Gasteiger partial charge in [0.25, 0.3) is 0 Å². The summed E-state index contributed by atoms with van der Waals surface area (Å²) in [5.41, 5.74) is 1.17. The molecule has 1 N–H and O–H groups in total. The molecule has 1 heterocycles. The minimum atomic E-state index is -0.269. The van der Waals surface area contributed by atoms with Crippen molar-refractivity contribution in [3.8, 4) is 11.5 Å². The van der Waals surface area contributed by atoms with Crippen LogP contribution in [0.2, 0.25) is 0 Å². The fraction of sp³-hybridized carbons (Fsp3) is 0.133. The third-order valence-electron chi connectivity index (χ3n) is 2.99. The number of nitrogens with one attached hydrogen (secondary N) is 1. The van der Waals surface area contributed by atoms with Crippen LogP contribution in [-0.2, 0) is 0 Å². The van der Waals surface area contributed by atoms with Crippen LogP contribution in [-0.4, -0.2) is 12.9 Å². The van der Waals surface area contributed by atoms with Gasteiger partial charge in [-0.05, 0) is 42.0 Å². The normalized spacial score (nSPS) is 17.2. The number of ether oxygens (including phenoxy) is 1. The summed E-state index contributed by atoms with van der Waals surface area (Å²) in [6.07, 6.45) is 1.73. The first kappa shape index (κ1) is 11.7. The van der Waals surface area contributed by atoms with Crippen molar-refractivity contribution in [3.05, 3.63) is 59.9 Å². The van der Waals surface area contributed by atoms with Gasteiger partial charge in [0, 0.05) is 0 Å². The zero-order chi connectivity index (χ0) is 13.1. The Morgan fingerprint density at radius 1 is 1.00 bits per heavy atom. The zero-order valence-electron chi connectivity index (χ0n) is 10.2. The third kappa shape index (κ3) is 2.73. The lowest BCUT2D eigenvalue weighted by molar-refractivity contribution is 0.480. The molecule has 2 aromatic rings. The molecular weight excluding hydrogens is 243 g/mol. The van der Waals surface area contributed by atoms with Gasteiger partial charge in [-0.1, -0.05) is 12.1 Å². The second-order valence-electron chi connectivity index (χ2n) is 4.34. The van der Waals surface area contributed by atoms with Crippen LogP contribution in [0.25, 0.3) is 0 Å². The van der Waals surface area contributed by atoms with Crippen molar-refractivity contribution >= 4 is 6.34 Å². The SMILES string of the molecule is Fc1ccc(Oc2ccc(C3CN=CN3)cc2)cc1. The molecule has 96 valence electrons. The monoisotopic (exact) mass is 256 g/mol. The minimum absolute atomic E-state index is 0.250. The lowest BCUT2D eigenvalue weighted by Crippen LogP contribution is -2.15. The smallest absolute Gasteiger partial charge is 0.127 e. The highest BCUT2D eigenvalue weighted by atomic mass is 19.1. The maximum absolute atomic E-state index is 12.8. The highest BCUT2D eigenvalue weighted by Gasteiger charge is 2.12. The second-order valence-corrected chi connectivity index (χ2v) is 4.34. The van der Waals surface area contributed by atoms with E-state index >= 15 is 0 Å². The number of hydrogen-bond donors (Lipinski definition) is 1. The highest BCUT2D eigenvalue weighted by molar-refractivity contribution is 5.58. The molecule has 0 aromatic heterocycles. The van der Waals surface area contributed by atoms with E-state index in [0.29, 0.717) is 5.75 Å². The van der Waals surface area contributed by atoms with E-state index in [4.69, 9.17) is 4.74 Å². The lowest BCUT2D eigenvalue weighted by Gasteiger charge is -2.11. The van der Waals surface area contributed by atoms with Gasteiger partial charge in [0.1, 0.15) is 17.3 Å². The van der Waals surface area contributed by atoms with Crippen LogP contribution in [0.5, 0.6) is 11.5 Å². The number of hydrogen-bond acceptors (Lipinski definition) is 3. The molecule has 1 atom stereocenters. The van der Waals surface area contributed by atoms with E-state index in [0.717, 1.165) is 12.3 Å². The van der Waals surface area contributed by atoms with Crippen molar-refractivity contribution in [1.82, 2.24) is 5.32 Å². The van der Waals surface area contributed by atoms with E-state index in [1.54, 1.807) is 18.5 Å². The molecule has 0 saturated carbocycles. The van der Waals surface area contributed by atoms with E-state index in [-0.39, 0.29) is 11.9 Å².